The smallest absolute Gasteiger partial charge is 0.337 e. The third-order valence-corrected chi connectivity index (χ3v) is 3.25. The monoisotopic (exact) mass is 234 g/mol. The van der Waals surface area contributed by atoms with Crippen molar-refractivity contribution in [1.29, 1.82) is 0 Å². The van der Waals surface area contributed by atoms with Crippen molar-refractivity contribution in [3.8, 4) is 0 Å². The Kier molecular flexibility index (Phi) is 2.54. The molecule has 17 heavy (non-hydrogen) atoms. The van der Waals surface area contributed by atoms with Crippen LogP contribution >= 0.6 is 0 Å². The van der Waals surface area contributed by atoms with E-state index in [-0.39, 0.29) is 17.2 Å². The van der Waals surface area contributed by atoms with Crippen molar-refractivity contribution < 1.29 is 14.3 Å². The van der Waals surface area contributed by atoms with E-state index in [1.807, 2.05) is 39.8 Å². The zero-order chi connectivity index (χ0) is 12.8. The molecule has 0 saturated carbocycles. The Hall–Kier alpha value is -1.35. The zero-order valence-corrected chi connectivity index (χ0v) is 11.0. The number of benzene rings is 1. The number of hydrogen-bond donors (Lipinski definition) is 0. The van der Waals surface area contributed by atoms with Crippen LogP contribution in [-0.4, -0.2) is 13.1 Å². The molecule has 2 rings (SSSR count). The van der Waals surface area contributed by atoms with Crippen LogP contribution in [0.3, 0.4) is 0 Å². The van der Waals surface area contributed by atoms with Gasteiger partial charge in [0.2, 0.25) is 0 Å². The van der Waals surface area contributed by atoms with Gasteiger partial charge in [0, 0.05) is 0 Å². The van der Waals surface area contributed by atoms with Gasteiger partial charge < -0.3 is 9.47 Å². The number of methoxy groups -OCH3 is 1. The molecule has 1 aromatic carbocycles. The summed E-state index contributed by atoms with van der Waals surface area (Å²) in [6.45, 7) is 8.11. The van der Waals surface area contributed by atoms with Gasteiger partial charge in [0.05, 0.1) is 23.9 Å². The number of esters is 1. The lowest BCUT2D eigenvalue weighted by atomic mass is 9.89. The summed E-state index contributed by atoms with van der Waals surface area (Å²) < 4.78 is 10.8. The van der Waals surface area contributed by atoms with Crippen molar-refractivity contribution in [2.45, 2.75) is 38.9 Å². The first kappa shape index (κ1) is 12.1. The van der Waals surface area contributed by atoms with E-state index in [0.29, 0.717) is 5.56 Å². The van der Waals surface area contributed by atoms with Crippen LogP contribution in [0.4, 0.5) is 0 Å². The predicted molar refractivity (Wildman–Crippen MR) is 64.9 cm³/mol. The minimum absolute atomic E-state index is 0.312. The summed E-state index contributed by atoms with van der Waals surface area (Å²) in [5.74, 6) is -0.312. The van der Waals surface area contributed by atoms with Gasteiger partial charge in [-0.15, -0.1) is 0 Å². The fraction of sp³-hybridized carbons (Fsp3) is 0.500. The van der Waals surface area contributed by atoms with E-state index in [9.17, 15) is 4.79 Å². The minimum Gasteiger partial charge on any atom is -0.465 e. The van der Waals surface area contributed by atoms with Gasteiger partial charge in [-0.2, -0.15) is 0 Å². The second-order valence-corrected chi connectivity index (χ2v) is 5.37. The number of carbonyl (C=O) groups excluding carboxylic acids is 1. The maximum atomic E-state index is 11.5. The number of hydrogen-bond acceptors (Lipinski definition) is 3. The van der Waals surface area contributed by atoms with E-state index in [2.05, 4.69) is 0 Å². The minimum atomic E-state index is -0.372. The van der Waals surface area contributed by atoms with Gasteiger partial charge >= 0.3 is 5.97 Å². The first-order chi connectivity index (χ1) is 7.78. The molecule has 0 aliphatic carbocycles. The molecular weight excluding hydrogens is 216 g/mol. The van der Waals surface area contributed by atoms with Crippen molar-refractivity contribution in [3.63, 3.8) is 0 Å². The van der Waals surface area contributed by atoms with E-state index in [1.54, 1.807) is 6.07 Å². The number of ether oxygens (including phenoxy) is 2. The lowest BCUT2D eigenvalue weighted by molar-refractivity contribution is -0.105. The summed E-state index contributed by atoms with van der Waals surface area (Å²) in [5.41, 5.74) is 2.08. The Morgan fingerprint density at radius 1 is 1.12 bits per heavy atom. The largest absolute Gasteiger partial charge is 0.465 e. The molecule has 1 heterocycles. The highest BCUT2D eigenvalue weighted by atomic mass is 16.5. The second kappa shape index (κ2) is 3.57. The third-order valence-electron chi connectivity index (χ3n) is 3.25. The van der Waals surface area contributed by atoms with Crippen LogP contribution in [0.1, 0.15) is 49.2 Å². The predicted octanol–water partition coefficient (Wildman–Crippen LogP) is 2.97. The van der Waals surface area contributed by atoms with Gasteiger partial charge in [-0.3, -0.25) is 0 Å². The quantitative estimate of drug-likeness (QED) is 0.701. The van der Waals surface area contributed by atoms with Gasteiger partial charge in [0.15, 0.2) is 0 Å². The summed E-state index contributed by atoms with van der Waals surface area (Å²) in [6.07, 6.45) is 0. The van der Waals surface area contributed by atoms with Crippen molar-refractivity contribution >= 4 is 5.97 Å². The molecular formula is C14H18O3. The molecule has 1 aromatic rings. The van der Waals surface area contributed by atoms with Crippen LogP contribution < -0.4 is 0 Å². The summed E-state index contributed by atoms with van der Waals surface area (Å²) >= 11 is 0. The Labute approximate surface area is 102 Å². The number of carbonyl (C=O) groups is 1. The van der Waals surface area contributed by atoms with E-state index < -0.39 is 0 Å². The molecule has 1 aliphatic heterocycles. The van der Waals surface area contributed by atoms with Gasteiger partial charge in [-0.05, 0) is 51.0 Å². The fourth-order valence-corrected chi connectivity index (χ4v) is 2.56. The van der Waals surface area contributed by atoms with Gasteiger partial charge in [-0.1, -0.05) is 6.07 Å². The molecule has 0 bridgehead atoms. The molecule has 0 saturated heterocycles. The van der Waals surface area contributed by atoms with Crippen LogP contribution in [-0.2, 0) is 20.7 Å². The fourth-order valence-electron chi connectivity index (χ4n) is 2.56. The molecule has 92 valence electrons. The third kappa shape index (κ3) is 1.84. The van der Waals surface area contributed by atoms with Crippen molar-refractivity contribution in [3.05, 3.63) is 34.9 Å². The van der Waals surface area contributed by atoms with Crippen molar-refractivity contribution in [1.82, 2.24) is 0 Å². The highest BCUT2D eigenvalue weighted by molar-refractivity contribution is 5.89. The van der Waals surface area contributed by atoms with E-state index in [0.717, 1.165) is 11.1 Å². The van der Waals surface area contributed by atoms with Crippen LogP contribution in [0.5, 0.6) is 0 Å². The van der Waals surface area contributed by atoms with Crippen molar-refractivity contribution in [2.75, 3.05) is 7.11 Å². The van der Waals surface area contributed by atoms with E-state index in [1.165, 1.54) is 7.11 Å². The SMILES string of the molecule is COC(=O)c1ccc2c(c1)C(C)(C)OC2(C)C. The zero-order valence-electron chi connectivity index (χ0n) is 11.0. The lowest BCUT2D eigenvalue weighted by Gasteiger charge is -2.24. The maximum absolute atomic E-state index is 11.5. The number of fused-ring (bicyclic) bond motifs is 1. The Morgan fingerprint density at radius 3 is 2.29 bits per heavy atom. The normalized spacial score (nSPS) is 19.8. The summed E-state index contributed by atoms with van der Waals surface area (Å²) in [6, 6.07) is 5.61. The molecule has 1 aliphatic rings. The van der Waals surface area contributed by atoms with E-state index >= 15 is 0 Å². The topological polar surface area (TPSA) is 35.5 Å². The van der Waals surface area contributed by atoms with Gasteiger partial charge in [0.25, 0.3) is 0 Å². The molecule has 0 fully saturated rings. The molecule has 3 nitrogen and oxygen atoms in total. The first-order valence-corrected chi connectivity index (χ1v) is 5.71. The average molecular weight is 234 g/mol. The maximum Gasteiger partial charge on any atom is 0.337 e. The Balaban J connectivity index is 2.57. The highest BCUT2D eigenvalue weighted by Crippen LogP contribution is 2.46. The van der Waals surface area contributed by atoms with Gasteiger partial charge in [-0.25, -0.2) is 4.79 Å². The molecule has 0 N–H and O–H groups in total. The second-order valence-electron chi connectivity index (χ2n) is 5.37. The Bertz CT molecular complexity index is 472. The summed E-state index contributed by atoms with van der Waals surface area (Å²) in [4.78, 5) is 11.5. The molecule has 0 radical (unpaired) electrons. The molecule has 3 heteroatoms. The van der Waals surface area contributed by atoms with Gasteiger partial charge in [0.1, 0.15) is 0 Å². The van der Waals surface area contributed by atoms with Crippen LogP contribution in [0.2, 0.25) is 0 Å². The molecule has 0 unspecified atom stereocenters. The standard InChI is InChI=1S/C14H18O3/c1-13(2)10-7-6-9(12(15)16-5)8-11(10)14(3,4)17-13/h6-8H,1-5H3. The molecule has 0 amide bonds. The van der Waals surface area contributed by atoms with Crippen molar-refractivity contribution in [2.24, 2.45) is 0 Å². The average Bonchev–Trinajstić information content (AvgIpc) is 2.43. The van der Waals surface area contributed by atoms with Crippen LogP contribution in [0, 0.1) is 0 Å². The molecule has 0 atom stereocenters. The lowest BCUT2D eigenvalue weighted by Crippen LogP contribution is -2.22. The molecule has 0 spiro atoms. The summed E-state index contributed by atoms with van der Waals surface area (Å²) in [7, 11) is 1.39. The highest BCUT2D eigenvalue weighted by Gasteiger charge is 2.43. The van der Waals surface area contributed by atoms with Crippen LogP contribution in [0.25, 0.3) is 0 Å². The first-order valence-electron chi connectivity index (χ1n) is 5.71. The number of rotatable bonds is 1. The van der Waals surface area contributed by atoms with E-state index in [4.69, 9.17) is 9.47 Å². The van der Waals surface area contributed by atoms with Crippen LogP contribution in [0.15, 0.2) is 18.2 Å². The summed E-state index contributed by atoms with van der Waals surface area (Å²) in [5, 5.41) is 0. The molecule has 0 aromatic heterocycles. The Morgan fingerprint density at radius 2 is 1.71 bits per heavy atom.